The van der Waals surface area contributed by atoms with E-state index in [0.29, 0.717) is 0 Å². The molecule has 1 aliphatic heterocycles. The number of piperidine rings is 1. The molecule has 0 aliphatic carbocycles. The summed E-state index contributed by atoms with van der Waals surface area (Å²) in [6.45, 7) is 2.18. The van der Waals surface area contributed by atoms with Gasteiger partial charge in [0.15, 0.2) is 0 Å². The Balaban J connectivity index is 2.12. The maximum absolute atomic E-state index is 6.18. The van der Waals surface area contributed by atoms with Gasteiger partial charge in [0.05, 0.1) is 10.5 Å². The summed E-state index contributed by atoms with van der Waals surface area (Å²) in [7, 11) is 0. The number of nitrogens with zero attached hydrogens (tertiary/aromatic N) is 2. The molecule has 1 aromatic carbocycles. The van der Waals surface area contributed by atoms with E-state index in [1.165, 1.54) is 5.69 Å². The van der Waals surface area contributed by atoms with Gasteiger partial charge in [0.25, 0.3) is 0 Å². The normalized spacial score (nSPS) is 16.4. The Morgan fingerprint density at radius 2 is 1.94 bits per heavy atom. The van der Waals surface area contributed by atoms with E-state index in [-0.39, 0.29) is 0 Å². The molecule has 17 heavy (non-hydrogen) atoms. The molecule has 0 unspecified atom stereocenters. The Morgan fingerprint density at radius 1 is 1.12 bits per heavy atom. The van der Waals surface area contributed by atoms with Crippen LogP contribution in [0.4, 0.5) is 5.69 Å². The van der Waals surface area contributed by atoms with E-state index in [9.17, 15) is 0 Å². The molecule has 1 aromatic heterocycles. The Bertz CT molecular complexity index is 533. The van der Waals surface area contributed by atoms with Gasteiger partial charge in [-0.1, -0.05) is 11.6 Å². The largest absolute Gasteiger partial charge is 0.371 e. The van der Waals surface area contributed by atoms with Gasteiger partial charge in [-0.25, -0.2) is 0 Å². The molecule has 1 aliphatic rings. The molecule has 1 radical (unpaired) electrons. The van der Waals surface area contributed by atoms with Crippen molar-refractivity contribution in [3.63, 3.8) is 0 Å². The highest BCUT2D eigenvalue weighted by atomic mass is 35.5. The van der Waals surface area contributed by atoms with Gasteiger partial charge in [0.1, 0.15) is 0 Å². The fourth-order valence-electron chi connectivity index (χ4n) is 2.39. The summed E-state index contributed by atoms with van der Waals surface area (Å²) in [5.74, 6) is 0. The highest BCUT2D eigenvalue weighted by Gasteiger charge is 2.14. The van der Waals surface area contributed by atoms with Gasteiger partial charge in [-0.2, -0.15) is 0 Å². The molecular weight excluding hydrogens is 232 g/mol. The third kappa shape index (κ3) is 1.98. The van der Waals surface area contributed by atoms with Crippen molar-refractivity contribution in [3.05, 3.63) is 41.9 Å². The van der Waals surface area contributed by atoms with Crippen LogP contribution < -0.4 is 4.90 Å². The first kappa shape index (κ1) is 10.8. The van der Waals surface area contributed by atoms with E-state index in [0.717, 1.165) is 41.9 Å². The zero-order valence-corrected chi connectivity index (χ0v) is 10.3. The average Bonchev–Trinajstić information content (AvgIpc) is 2.41. The van der Waals surface area contributed by atoms with Crippen molar-refractivity contribution in [2.24, 2.45) is 0 Å². The van der Waals surface area contributed by atoms with Crippen molar-refractivity contribution in [1.29, 1.82) is 0 Å². The van der Waals surface area contributed by atoms with Crippen LogP contribution in [0, 0.1) is 6.42 Å². The van der Waals surface area contributed by atoms with Crippen molar-refractivity contribution >= 4 is 28.2 Å². The molecule has 0 atom stereocenters. The van der Waals surface area contributed by atoms with Crippen LogP contribution in [-0.4, -0.2) is 18.1 Å². The summed E-state index contributed by atoms with van der Waals surface area (Å²) in [4.78, 5) is 6.79. The van der Waals surface area contributed by atoms with Gasteiger partial charge in [-0.15, -0.1) is 0 Å². The van der Waals surface area contributed by atoms with E-state index in [2.05, 4.69) is 28.4 Å². The zero-order valence-electron chi connectivity index (χ0n) is 9.56. The van der Waals surface area contributed by atoms with E-state index >= 15 is 0 Å². The van der Waals surface area contributed by atoms with Gasteiger partial charge >= 0.3 is 0 Å². The van der Waals surface area contributed by atoms with E-state index < -0.39 is 0 Å². The van der Waals surface area contributed by atoms with Gasteiger partial charge in [0, 0.05) is 30.4 Å². The van der Waals surface area contributed by atoms with E-state index in [4.69, 9.17) is 11.6 Å². The average molecular weight is 246 g/mol. The number of aromatic nitrogens is 1. The van der Waals surface area contributed by atoms with Crippen LogP contribution in [0.5, 0.6) is 0 Å². The lowest BCUT2D eigenvalue weighted by Gasteiger charge is -2.29. The van der Waals surface area contributed by atoms with Crippen molar-refractivity contribution in [2.75, 3.05) is 18.0 Å². The topological polar surface area (TPSA) is 16.1 Å². The summed E-state index contributed by atoms with van der Waals surface area (Å²) in [6.07, 6.45) is 6.46. The van der Waals surface area contributed by atoms with Crippen molar-refractivity contribution in [3.8, 4) is 0 Å². The molecule has 0 amide bonds. The minimum atomic E-state index is 0.730. The van der Waals surface area contributed by atoms with E-state index in [1.54, 1.807) is 6.20 Å². The lowest BCUT2D eigenvalue weighted by atomic mass is 10.1. The SMILES string of the molecule is Clc1ccc(N2CC[CH]CC2)c2cccnc12. The molecule has 2 heterocycles. The Hall–Kier alpha value is -1.28. The molecule has 3 heteroatoms. The minimum absolute atomic E-state index is 0.730. The molecule has 1 fully saturated rings. The lowest BCUT2D eigenvalue weighted by Crippen LogP contribution is -2.29. The molecule has 2 nitrogen and oxygen atoms in total. The van der Waals surface area contributed by atoms with Crippen LogP contribution in [0.15, 0.2) is 30.5 Å². The van der Waals surface area contributed by atoms with Crippen molar-refractivity contribution < 1.29 is 0 Å². The number of hydrogen-bond donors (Lipinski definition) is 0. The number of hydrogen-bond acceptors (Lipinski definition) is 2. The number of pyridine rings is 1. The van der Waals surface area contributed by atoms with Gasteiger partial charge in [-0.3, -0.25) is 4.98 Å². The van der Waals surface area contributed by atoms with Gasteiger partial charge in [0.2, 0.25) is 0 Å². The monoisotopic (exact) mass is 245 g/mol. The number of anilines is 1. The van der Waals surface area contributed by atoms with Crippen LogP contribution in [0.2, 0.25) is 5.02 Å². The maximum atomic E-state index is 6.18. The molecule has 0 N–H and O–H groups in total. The molecular formula is C14H14ClN2. The minimum Gasteiger partial charge on any atom is -0.371 e. The van der Waals surface area contributed by atoms with Gasteiger partial charge in [-0.05, 0) is 43.5 Å². The van der Waals surface area contributed by atoms with Crippen LogP contribution in [0.25, 0.3) is 10.9 Å². The molecule has 87 valence electrons. The first-order chi connectivity index (χ1) is 8.36. The fraction of sp³-hybridized carbons (Fsp3) is 0.286. The predicted molar refractivity (Wildman–Crippen MR) is 72.5 cm³/mol. The second-order valence-electron chi connectivity index (χ2n) is 4.32. The number of halogens is 1. The highest BCUT2D eigenvalue weighted by molar-refractivity contribution is 6.35. The van der Waals surface area contributed by atoms with E-state index in [1.807, 2.05) is 12.1 Å². The van der Waals surface area contributed by atoms with Crippen LogP contribution >= 0.6 is 11.6 Å². The molecule has 3 rings (SSSR count). The summed E-state index contributed by atoms with van der Waals surface area (Å²) in [5, 5.41) is 1.88. The first-order valence-electron chi connectivity index (χ1n) is 5.96. The fourth-order valence-corrected chi connectivity index (χ4v) is 2.60. The zero-order chi connectivity index (χ0) is 11.7. The number of rotatable bonds is 1. The number of fused-ring (bicyclic) bond motifs is 1. The molecule has 0 bridgehead atoms. The molecule has 0 spiro atoms. The Labute approximate surface area is 106 Å². The second kappa shape index (κ2) is 4.53. The maximum Gasteiger partial charge on any atom is 0.0908 e. The summed E-state index contributed by atoms with van der Waals surface area (Å²) in [5.41, 5.74) is 2.16. The Kier molecular flexibility index (Phi) is 2.89. The van der Waals surface area contributed by atoms with Crippen LogP contribution in [-0.2, 0) is 0 Å². The molecule has 2 aromatic rings. The van der Waals surface area contributed by atoms with Crippen LogP contribution in [0.1, 0.15) is 12.8 Å². The second-order valence-corrected chi connectivity index (χ2v) is 4.73. The third-order valence-electron chi connectivity index (χ3n) is 3.24. The summed E-state index contributed by atoms with van der Waals surface area (Å²) >= 11 is 6.18. The van der Waals surface area contributed by atoms with Gasteiger partial charge < -0.3 is 4.90 Å². The first-order valence-corrected chi connectivity index (χ1v) is 6.34. The molecule has 1 saturated heterocycles. The predicted octanol–water partition coefficient (Wildman–Crippen LogP) is 3.69. The quantitative estimate of drug-likeness (QED) is 0.762. The standard InChI is InChI=1S/C14H14ClN2/c15-12-6-7-13(17-9-2-1-3-10-17)11-5-4-8-16-14(11)12/h1,4-8H,2-3,9-10H2. The Morgan fingerprint density at radius 3 is 2.76 bits per heavy atom. The van der Waals surface area contributed by atoms with Crippen LogP contribution in [0.3, 0.4) is 0 Å². The molecule has 0 saturated carbocycles. The summed E-state index contributed by atoms with van der Waals surface area (Å²) < 4.78 is 0. The number of benzene rings is 1. The van der Waals surface area contributed by atoms with Crippen molar-refractivity contribution in [1.82, 2.24) is 4.98 Å². The highest BCUT2D eigenvalue weighted by Crippen LogP contribution is 2.31. The lowest BCUT2D eigenvalue weighted by molar-refractivity contribution is 0.681. The smallest absolute Gasteiger partial charge is 0.0908 e. The summed E-state index contributed by atoms with van der Waals surface area (Å²) in [6, 6.07) is 8.13. The third-order valence-corrected chi connectivity index (χ3v) is 3.55. The van der Waals surface area contributed by atoms with Crippen molar-refractivity contribution in [2.45, 2.75) is 12.8 Å².